The first-order valence-electron chi connectivity index (χ1n) is 7.57. The Balaban J connectivity index is 1.68. The van der Waals surface area contributed by atoms with Gasteiger partial charge >= 0.3 is 0 Å². The molecule has 3 rings (SSSR count). The molecular formula is C15H25N3O. The van der Waals surface area contributed by atoms with Gasteiger partial charge in [0.15, 0.2) is 0 Å². The lowest BCUT2D eigenvalue weighted by atomic mass is 10.1. The summed E-state index contributed by atoms with van der Waals surface area (Å²) in [4.78, 5) is 0. The van der Waals surface area contributed by atoms with Crippen molar-refractivity contribution in [3.8, 4) is 0 Å². The van der Waals surface area contributed by atoms with Crippen molar-refractivity contribution in [2.24, 2.45) is 5.92 Å². The molecular weight excluding hydrogens is 238 g/mol. The number of nitrogens with zero attached hydrogens (tertiary/aromatic N) is 2. The maximum atomic E-state index is 5.07. The Bertz CT molecular complexity index is 421. The third-order valence-electron chi connectivity index (χ3n) is 4.37. The fourth-order valence-electron chi connectivity index (χ4n) is 2.85. The van der Waals surface area contributed by atoms with E-state index in [1.54, 1.807) is 7.11 Å². The summed E-state index contributed by atoms with van der Waals surface area (Å²) >= 11 is 0. The van der Waals surface area contributed by atoms with Crippen LogP contribution in [0.5, 0.6) is 0 Å². The van der Waals surface area contributed by atoms with E-state index in [1.807, 2.05) is 0 Å². The molecule has 4 nitrogen and oxygen atoms in total. The van der Waals surface area contributed by atoms with E-state index in [0.29, 0.717) is 6.04 Å². The van der Waals surface area contributed by atoms with Gasteiger partial charge in [0.1, 0.15) is 0 Å². The molecule has 1 unspecified atom stereocenters. The summed E-state index contributed by atoms with van der Waals surface area (Å²) in [5.74, 6) is 1.63. The Labute approximate surface area is 115 Å². The first-order chi connectivity index (χ1) is 9.31. The van der Waals surface area contributed by atoms with Crippen LogP contribution in [0.3, 0.4) is 0 Å². The van der Waals surface area contributed by atoms with E-state index >= 15 is 0 Å². The van der Waals surface area contributed by atoms with Crippen LogP contribution in [0.1, 0.15) is 55.8 Å². The minimum Gasteiger partial charge on any atom is -0.383 e. The molecule has 0 aromatic carbocycles. The van der Waals surface area contributed by atoms with E-state index in [4.69, 9.17) is 4.74 Å². The van der Waals surface area contributed by atoms with Crippen LogP contribution in [-0.2, 0) is 11.3 Å². The van der Waals surface area contributed by atoms with Crippen LogP contribution in [-0.4, -0.2) is 30.0 Å². The van der Waals surface area contributed by atoms with Crippen molar-refractivity contribution in [1.82, 2.24) is 15.1 Å². The van der Waals surface area contributed by atoms with E-state index < -0.39 is 0 Å². The summed E-state index contributed by atoms with van der Waals surface area (Å²) in [5, 5.41) is 8.13. The van der Waals surface area contributed by atoms with Gasteiger partial charge in [0.2, 0.25) is 0 Å². The fourth-order valence-corrected chi connectivity index (χ4v) is 2.85. The first kappa shape index (κ1) is 13.1. The van der Waals surface area contributed by atoms with Gasteiger partial charge in [0, 0.05) is 37.4 Å². The van der Waals surface area contributed by atoms with Gasteiger partial charge in [-0.3, -0.25) is 4.68 Å². The monoisotopic (exact) mass is 263 g/mol. The molecule has 1 aromatic rings. The Morgan fingerprint density at radius 2 is 2.21 bits per heavy atom. The molecule has 0 spiro atoms. The minimum absolute atomic E-state index is 0.586. The van der Waals surface area contributed by atoms with Gasteiger partial charge in [0.25, 0.3) is 0 Å². The number of hydrogen-bond acceptors (Lipinski definition) is 3. The molecule has 2 aliphatic rings. The second kappa shape index (κ2) is 5.63. The molecule has 1 atom stereocenters. The Kier molecular flexibility index (Phi) is 3.89. The summed E-state index contributed by atoms with van der Waals surface area (Å²) in [6.45, 7) is 4.93. The van der Waals surface area contributed by atoms with E-state index in [0.717, 1.165) is 31.5 Å². The maximum Gasteiger partial charge on any atom is 0.0587 e. The van der Waals surface area contributed by atoms with Gasteiger partial charge in [-0.2, -0.15) is 5.10 Å². The molecule has 1 heterocycles. The van der Waals surface area contributed by atoms with Crippen LogP contribution in [0.25, 0.3) is 0 Å². The second-order valence-corrected chi connectivity index (χ2v) is 6.02. The van der Waals surface area contributed by atoms with E-state index in [9.17, 15) is 0 Å². The highest BCUT2D eigenvalue weighted by Crippen LogP contribution is 2.46. The van der Waals surface area contributed by atoms with Gasteiger partial charge in [-0.05, 0) is 38.5 Å². The van der Waals surface area contributed by atoms with Gasteiger partial charge in [0.05, 0.1) is 18.8 Å². The molecule has 0 bridgehead atoms. The van der Waals surface area contributed by atoms with Crippen LogP contribution in [0.4, 0.5) is 0 Å². The van der Waals surface area contributed by atoms with Crippen molar-refractivity contribution in [3.63, 3.8) is 0 Å². The molecule has 2 aliphatic carbocycles. The fraction of sp³-hybridized carbons (Fsp3) is 0.800. The van der Waals surface area contributed by atoms with E-state index in [1.165, 1.54) is 36.9 Å². The van der Waals surface area contributed by atoms with Crippen LogP contribution in [0, 0.1) is 5.92 Å². The predicted octanol–water partition coefficient (Wildman–Crippen LogP) is 2.47. The van der Waals surface area contributed by atoms with E-state index in [-0.39, 0.29) is 0 Å². The zero-order chi connectivity index (χ0) is 13.2. The highest BCUT2D eigenvalue weighted by atomic mass is 16.5. The van der Waals surface area contributed by atoms with Crippen molar-refractivity contribution in [2.75, 3.05) is 20.3 Å². The first-order valence-corrected chi connectivity index (χ1v) is 7.57. The summed E-state index contributed by atoms with van der Waals surface area (Å²) in [6.07, 6.45) is 7.52. The van der Waals surface area contributed by atoms with Crippen LogP contribution >= 0.6 is 0 Å². The standard InChI is InChI=1S/C15H25N3O/c1-11(12-3-4-12)18-15(13-5-6-13)14(10-17-18)9-16-7-8-19-2/h10-13,16H,3-9H2,1-2H3. The topological polar surface area (TPSA) is 39.1 Å². The smallest absolute Gasteiger partial charge is 0.0587 e. The predicted molar refractivity (Wildman–Crippen MR) is 75.2 cm³/mol. The summed E-state index contributed by atoms with van der Waals surface area (Å²) < 4.78 is 7.39. The lowest BCUT2D eigenvalue weighted by Gasteiger charge is -2.16. The van der Waals surface area contributed by atoms with Crippen LogP contribution in [0.15, 0.2) is 6.20 Å². The zero-order valence-corrected chi connectivity index (χ0v) is 12.1. The van der Waals surface area contributed by atoms with Crippen LogP contribution in [0.2, 0.25) is 0 Å². The molecule has 2 saturated carbocycles. The molecule has 0 saturated heterocycles. The number of methoxy groups -OCH3 is 1. The summed E-state index contributed by atoms with van der Waals surface area (Å²) in [6, 6.07) is 0.586. The third kappa shape index (κ3) is 3.00. The molecule has 0 amide bonds. The highest BCUT2D eigenvalue weighted by Gasteiger charge is 2.35. The number of rotatable bonds is 8. The SMILES string of the molecule is COCCNCc1cnn(C(C)C2CC2)c1C1CC1. The number of ether oxygens (including phenoxy) is 1. The molecule has 0 radical (unpaired) electrons. The highest BCUT2D eigenvalue weighted by molar-refractivity contribution is 5.26. The average Bonchev–Trinajstić information content (AvgIpc) is 3.31. The minimum atomic E-state index is 0.586. The lowest BCUT2D eigenvalue weighted by Crippen LogP contribution is -2.19. The zero-order valence-electron chi connectivity index (χ0n) is 12.1. The molecule has 1 aromatic heterocycles. The maximum absolute atomic E-state index is 5.07. The number of nitrogens with one attached hydrogen (secondary N) is 1. The van der Waals surface area contributed by atoms with Gasteiger partial charge in [-0.1, -0.05) is 0 Å². The summed E-state index contributed by atoms with van der Waals surface area (Å²) in [5.41, 5.74) is 2.90. The molecule has 0 aliphatic heterocycles. The molecule has 1 N–H and O–H groups in total. The largest absolute Gasteiger partial charge is 0.383 e. The van der Waals surface area contributed by atoms with E-state index in [2.05, 4.69) is 28.2 Å². The van der Waals surface area contributed by atoms with Crippen molar-refractivity contribution in [2.45, 2.75) is 51.1 Å². The number of hydrogen-bond donors (Lipinski definition) is 1. The summed E-state index contributed by atoms with van der Waals surface area (Å²) in [7, 11) is 1.74. The quantitative estimate of drug-likeness (QED) is 0.732. The average molecular weight is 263 g/mol. The van der Waals surface area contributed by atoms with Crippen molar-refractivity contribution < 1.29 is 4.74 Å². The second-order valence-electron chi connectivity index (χ2n) is 6.02. The van der Waals surface area contributed by atoms with Gasteiger partial charge in [-0.25, -0.2) is 0 Å². The molecule has 19 heavy (non-hydrogen) atoms. The number of aromatic nitrogens is 2. The molecule has 4 heteroatoms. The Hall–Kier alpha value is -0.870. The van der Waals surface area contributed by atoms with Gasteiger partial charge < -0.3 is 10.1 Å². The van der Waals surface area contributed by atoms with Crippen molar-refractivity contribution in [1.29, 1.82) is 0 Å². The van der Waals surface area contributed by atoms with Crippen LogP contribution < -0.4 is 5.32 Å². The molecule has 2 fully saturated rings. The Morgan fingerprint density at radius 1 is 1.42 bits per heavy atom. The van der Waals surface area contributed by atoms with Crippen molar-refractivity contribution in [3.05, 3.63) is 17.5 Å². The molecule has 106 valence electrons. The third-order valence-corrected chi connectivity index (χ3v) is 4.37. The van der Waals surface area contributed by atoms with Gasteiger partial charge in [-0.15, -0.1) is 0 Å². The lowest BCUT2D eigenvalue weighted by molar-refractivity contribution is 0.199. The Morgan fingerprint density at radius 3 is 2.84 bits per heavy atom. The van der Waals surface area contributed by atoms with Crippen molar-refractivity contribution >= 4 is 0 Å². The normalized spacial score (nSPS) is 20.7.